The van der Waals surface area contributed by atoms with E-state index in [1.54, 1.807) is 17.0 Å². The van der Waals surface area contributed by atoms with Gasteiger partial charge in [0.1, 0.15) is 17.2 Å². The van der Waals surface area contributed by atoms with Crippen LogP contribution < -0.4 is 10.1 Å². The van der Waals surface area contributed by atoms with E-state index in [2.05, 4.69) is 11.4 Å². The number of carbonyl (C=O) groups excluding carboxylic acids is 1. The number of benzene rings is 2. The molecule has 1 saturated heterocycles. The molecule has 1 amide bonds. The second-order valence-corrected chi connectivity index (χ2v) is 7.64. The molecule has 2 aromatic carbocycles. The van der Waals surface area contributed by atoms with Crippen LogP contribution in [0, 0.1) is 5.82 Å². The summed E-state index contributed by atoms with van der Waals surface area (Å²) in [6.07, 6.45) is 3.76. The Morgan fingerprint density at radius 2 is 1.83 bits per heavy atom. The maximum absolute atomic E-state index is 15.3. The van der Waals surface area contributed by atoms with Gasteiger partial charge in [0.2, 0.25) is 0 Å². The van der Waals surface area contributed by atoms with Gasteiger partial charge in [0.05, 0.1) is 0 Å². The first-order chi connectivity index (χ1) is 14.1. The summed E-state index contributed by atoms with van der Waals surface area (Å²) < 4.78 is 21.6. The molecule has 0 radical (unpaired) electrons. The molecular weight excluding hydrogens is 367 g/mol. The first kappa shape index (κ1) is 19.6. The lowest BCUT2D eigenvalue weighted by Crippen LogP contribution is -2.46. The Hall–Kier alpha value is -2.66. The van der Waals surface area contributed by atoms with Crippen molar-refractivity contribution in [3.05, 3.63) is 71.0 Å². The minimum atomic E-state index is -0.420. The van der Waals surface area contributed by atoms with Gasteiger partial charge in [0.25, 0.3) is 5.91 Å². The predicted octanol–water partition coefficient (Wildman–Crippen LogP) is 4.25. The molecule has 1 spiro atoms. The molecule has 152 valence electrons. The maximum atomic E-state index is 15.3. The van der Waals surface area contributed by atoms with Crippen LogP contribution in [0.3, 0.4) is 0 Å². The number of hydrogen-bond donors (Lipinski definition) is 1. The van der Waals surface area contributed by atoms with Gasteiger partial charge in [0, 0.05) is 42.6 Å². The molecule has 0 unspecified atom stereocenters. The zero-order valence-corrected chi connectivity index (χ0v) is 17.0. The molecule has 0 bridgehead atoms. The number of carbonyl (C=O) groups is 1. The lowest BCUT2D eigenvalue weighted by molar-refractivity contribution is 0.0771. The number of fused-ring (bicyclic) bond motifs is 1. The van der Waals surface area contributed by atoms with E-state index < -0.39 is 5.60 Å². The molecule has 0 saturated carbocycles. The van der Waals surface area contributed by atoms with Gasteiger partial charge in [-0.1, -0.05) is 24.3 Å². The van der Waals surface area contributed by atoms with E-state index in [9.17, 15) is 4.79 Å². The van der Waals surface area contributed by atoms with Crippen molar-refractivity contribution in [3.63, 3.8) is 0 Å². The highest BCUT2D eigenvalue weighted by Gasteiger charge is 2.37. The molecule has 29 heavy (non-hydrogen) atoms. The number of amides is 1. The molecule has 1 fully saturated rings. The van der Waals surface area contributed by atoms with Gasteiger partial charge in [-0.15, -0.1) is 0 Å². The van der Waals surface area contributed by atoms with Crippen molar-refractivity contribution >= 4 is 11.5 Å². The van der Waals surface area contributed by atoms with Gasteiger partial charge in [-0.3, -0.25) is 4.79 Å². The smallest absolute Gasteiger partial charge is 0.253 e. The van der Waals surface area contributed by atoms with E-state index in [1.807, 2.05) is 38.1 Å². The number of rotatable bonds is 4. The number of nitrogens with zero attached hydrogens (tertiary/aromatic N) is 1. The zero-order valence-electron chi connectivity index (χ0n) is 17.0. The SMILES string of the molecule is CCN(CC)C(=O)c1ccc(C2=CC3(CCNCC3)Oc3ccccc32)c(F)c1. The van der Waals surface area contributed by atoms with Crippen LogP contribution in [-0.4, -0.2) is 42.6 Å². The van der Waals surface area contributed by atoms with E-state index in [4.69, 9.17) is 4.74 Å². The van der Waals surface area contributed by atoms with Crippen LogP contribution in [0.25, 0.3) is 5.57 Å². The molecule has 4 nitrogen and oxygen atoms in total. The Bertz CT molecular complexity index is 944. The number of halogens is 1. The Kier molecular flexibility index (Phi) is 5.41. The minimum Gasteiger partial charge on any atom is -0.482 e. The average molecular weight is 394 g/mol. The molecule has 2 aromatic rings. The Balaban J connectivity index is 1.76. The lowest BCUT2D eigenvalue weighted by Gasteiger charge is -2.40. The van der Waals surface area contributed by atoms with Crippen molar-refractivity contribution in [2.24, 2.45) is 0 Å². The largest absolute Gasteiger partial charge is 0.482 e. The quantitative estimate of drug-likeness (QED) is 0.843. The van der Waals surface area contributed by atoms with E-state index in [0.717, 1.165) is 42.8 Å². The fourth-order valence-electron chi connectivity index (χ4n) is 4.25. The zero-order chi connectivity index (χ0) is 20.4. The molecule has 0 atom stereocenters. The van der Waals surface area contributed by atoms with E-state index in [1.165, 1.54) is 6.07 Å². The predicted molar refractivity (Wildman–Crippen MR) is 113 cm³/mol. The molecule has 2 heterocycles. The topological polar surface area (TPSA) is 41.6 Å². The molecule has 1 N–H and O–H groups in total. The molecule has 2 aliphatic heterocycles. The third kappa shape index (κ3) is 3.67. The van der Waals surface area contributed by atoms with Crippen LogP contribution in [0.2, 0.25) is 0 Å². The Labute approximate surface area is 171 Å². The highest BCUT2D eigenvalue weighted by atomic mass is 19.1. The number of hydrogen-bond acceptors (Lipinski definition) is 3. The summed E-state index contributed by atoms with van der Waals surface area (Å²) in [5, 5.41) is 3.36. The van der Waals surface area contributed by atoms with E-state index in [-0.39, 0.29) is 11.7 Å². The summed E-state index contributed by atoms with van der Waals surface area (Å²) in [7, 11) is 0. The summed E-state index contributed by atoms with van der Waals surface area (Å²) >= 11 is 0. The lowest BCUT2D eigenvalue weighted by atomic mass is 9.83. The molecule has 2 aliphatic rings. The van der Waals surface area contributed by atoms with Gasteiger partial charge in [-0.25, -0.2) is 4.39 Å². The summed E-state index contributed by atoms with van der Waals surface area (Å²) in [4.78, 5) is 14.3. The Morgan fingerprint density at radius 3 is 2.52 bits per heavy atom. The first-order valence-electron chi connectivity index (χ1n) is 10.4. The van der Waals surface area contributed by atoms with Crippen molar-refractivity contribution in [1.29, 1.82) is 0 Å². The monoisotopic (exact) mass is 394 g/mol. The second kappa shape index (κ2) is 7.99. The summed E-state index contributed by atoms with van der Waals surface area (Å²) in [5.74, 6) is 0.265. The number of ether oxygens (including phenoxy) is 1. The number of para-hydroxylation sites is 1. The van der Waals surface area contributed by atoms with E-state index in [0.29, 0.717) is 24.2 Å². The van der Waals surface area contributed by atoms with Crippen LogP contribution in [0.1, 0.15) is 48.2 Å². The van der Waals surface area contributed by atoms with E-state index >= 15 is 4.39 Å². The fraction of sp³-hybridized carbons (Fsp3) is 0.375. The molecule has 4 rings (SSSR count). The van der Waals surface area contributed by atoms with Crippen molar-refractivity contribution in [2.75, 3.05) is 26.2 Å². The highest BCUT2D eigenvalue weighted by molar-refractivity contribution is 5.95. The molecule has 0 aromatic heterocycles. The van der Waals surface area contributed by atoms with Gasteiger partial charge in [-0.2, -0.15) is 0 Å². The van der Waals surface area contributed by atoms with Crippen LogP contribution in [-0.2, 0) is 0 Å². The third-order valence-corrected chi connectivity index (χ3v) is 5.90. The summed E-state index contributed by atoms with van der Waals surface area (Å²) in [5.41, 5.74) is 2.20. The number of piperidine rings is 1. The summed E-state index contributed by atoms with van der Waals surface area (Å²) in [6.45, 7) is 6.79. The van der Waals surface area contributed by atoms with Crippen molar-refractivity contribution in [2.45, 2.75) is 32.3 Å². The van der Waals surface area contributed by atoms with Crippen molar-refractivity contribution in [1.82, 2.24) is 10.2 Å². The van der Waals surface area contributed by atoms with Crippen LogP contribution in [0.5, 0.6) is 5.75 Å². The fourth-order valence-corrected chi connectivity index (χ4v) is 4.25. The molecule has 0 aliphatic carbocycles. The number of nitrogens with one attached hydrogen (secondary N) is 1. The average Bonchev–Trinajstić information content (AvgIpc) is 2.74. The third-order valence-electron chi connectivity index (χ3n) is 5.90. The van der Waals surface area contributed by atoms with Crippen molar-refractivity contribution < 1.29 is 13.9 Å². The van der Waals surface area contributed by atoms with Gasteiger partial charge < -0.3 is 15.0 Å². The minimum absolute atomic E-state index is 0.142. The van der Waals surface area contributed by atoms with Crippen molar-refractivity contribution in [3.8, 4) is 5.75 Å². The van der Waals surface area contributed by atoms with Gasteiger partial charge >= 0.3 is 0 Å². The highest BCUT2D eigenvalue weighted by Crippen LogP contribution is 2.43. The van der Waals surface area contributed by atoms with Crippen LogP contribution in [0.4, 0.5) is 4.39 Å². The van der Waals surface area contributed by atoms with Crippen LogP contribution >= 0.6 is 0 Å². The molecule has 5 heteroatoms. The standard InChI is InChI=1S/C24H27FN2O2/c1-3-27(4-2)23(28)17-9-10-18(21(25)15-17)20-16-24(11-13-26-14-12-24)29-22-8-6-5-7-19(20)22/h5-10,15-16,26H,3-4,11-14H2,1-2H3. The summed E-state index contributed by atoms with van der Waals surface area (Å²) in [6, 6.07) is 12.6. The van der Waals surface area contributed by atoms with Gasteiger partial charge in [0.15, 0.2) is 0 Å². The normalized spacial score (nSPS) is 17.3. The second-order valence-electron chi connectivity index (χ2n) is 7.64. The van der Waals surface area contributed by atoms with Gasteiger partial charge in [-0.05, 0) is 56.8 Å². The molecular formula is C24H27FN2O2. The first-order valence-corrected chi connectivity index (χ1v) is 10.4. The maximum Gasteiger partial charge on any atom is 0.253 e. The Morgan fingerprint density at radius 1 is 1.10 bits per heavy atom. The van der Waals surface area contributed by atoms with Crippen LogP contribution in [0.15, 0.2) is 48.5 Å².